The number of hydrogen-bond donors (Lipinski definition) is 2. The second-order valence-corrected chi connectivity index (χ2v) is 4.99. The summed E-state index contributed by atoms with van der Waals surface area (Å²) in [7, 11) is 0. The molecule has 1 amide bonds. The van der Waals surface area contributed by atoms with Crippen molar-refractivity contribution in [3.63, 3.8) is 0 Å². The van der Waals surface area contributed by atoms with Gasteiger partial charge in [-0.25, -0.2) is 4.68 Å². The zero-order chi connectivity index (χ0) is 13.8. The van der Waals surface area contributed by atoms with Crippen molar-refractivity contribution in [3.05, 3.63) is 42.7 Å². The normalized spacial score (nSPS) is 18.7. The summed E-state index contributed by atoms with van der Waals surface area (Å²) in [6, 6.07) is 9.50. The predicted molar refractivity (Wildman–Crippen MR) is 77.8 cm³/mol. The predicted octanol–water partition coefficient (Wildman–Crippen LogP) is 1.95. The van der Waals surface area contributed by atoms with E-state index in [9.17, 15) is 4.79 Å². The maximum Gasteiger partial charge on any atom is 0.241 e. The van der Waals surface area contributed by atoms with Crippen LogP contribution in [0.5, 0.6) is 0 Å². The number of anilines is 1. The molecule has 0 aliphatic carbocycles. The molecular weight excluding hydrogens is 252 g/mol. The van der Waals surface area contributed by atoms with Crippen LogP contribution in [0.1, 0.15) is 19.3 Å². The zero-order valence-electron chi connectivity index (χ0n) is 11.2. The van der Waals surface area contributed by atoms with Gasteiger partial charge in [-0.05, 0) is 49.7 Å². The van der Waals surface area contributed by atoms with Crippen LogP contribution in [0.15, 0.2) is 42.7 Å². The number of carbonyl (C=O) groups excluding carboxylic acids is 1. The average molecular weight is 270 g/mol. The molecule has 1 aromatic carbocycles. The number of nitrogens with zero attached hydrogens (tertiary/aromatic N) is 2. The second kappa shape index (κ2) is 5.88. The number of carbonyl (C=O) groups is 1. The number of hydrogen-bond acceptors (Lipinski definition) is 3. The number of benzene rings is 1. The molecule has 2 aromatic rings. The van der Waals surface area contributed by atoms with Gasteiger partial charge >= 0.3 is 0 Å². The summed E-state index contributed by atoms with van der Waals surface area (Å²) in [6.45, 7) is 0.927. The molecular formula is C15H18N4O. The molecule has 5 nitrogen and oxygen atoms in total. The van der Waals surface area contributed by atoms with Crippen molar-refractivity contribution in [2.75, 3.05) is 11.9 Å². The highest BCUT2D eigenvalue weighted by molar-refractivity contribution is 5.94. The highest BCUT2D eigenvalue weighted by atomic mass is 16.2. The van der Waals surface area contributed by atoms with Gasteiger partial charge in [0, 0.05) is 18.1 Å². The third-order valence-electron chi connectivity index (χ3n) is 3.53. The minimum atomic E-state index is -0.0606. The maximum atomic E-state index is 12.1. The van der Waals surface area contributed by atoms with E-state index in [1.165, 1.54) is 0 Å². The molecule has 104 valence electrons. The summed E-state index contributed by atoms with van der Waals surface area (Å²) >= 11 is 0. The van der Waals surface area contributed by atoms with Gasteiger partial charge in [0.1, 0.15) is 0 Å². The molecule has 0 bridgehead atoms. The molecule has 0 saturated carbocycles. The summed E-state index contributed by atoms with van der Waals surface area (Å²) < 4.78 is 1.79. The van der Waals surface area contributed by atoms with Crippen LogP contribution in [0.4, 0.5) is 5.69 Å². The van der Waals surface area contributed by atoms with Gasteiger partial charge in [0.25, 0.3) is 0 Å². The van der Waals surface area contributed by atoms with Crippen LogP contribution in [-0.4, -0.2) is 28.3 Å². The van der Waals surface area contributed by atoms with Gasteiger partial charge in [-0.3, -0.25) is 4.79 Å². The zero-order valence-corrected chi connectivity index (χ0v) is 11.2. The topological polar surface area (TPSA) is 59.0 Å². The van der Waals surface area contributed by atoms with Gasteiger partial charge in [0.15, 0.2) is 0 Å². The minimum absolute atomic E-state index is 0.0524. The van der Waals surface area contributed by atoms with E-state index in [-0.39, 0.29) is 11.9 Å². The Morgan fingerprint density at radius 2 is 2.15 bits per heavy atom. The number of aromatic nitrogens is 2. The van der Waals surface area contributed by atoms with Crippen molar-refractivity contribution in [1.29, 1.82) is 0 Å². The van der Waals surface area contributed by atoms with E-state index in [4.69, 9.17) is 0 Å². The lowest BCUT2D eigenvalue weighted by molar-refractivity contribution is -0.118. The van der Waals surface area contributed by atoms with Gasteiger partial charge in [-0.1, -0.05) is 6.42 Å². The molecule has 3 rings (SSSR count). The molecule has 1 saturated heterocycles. The standard InChI is InChI=1S/C15H18N4O/c20-15(14-4-1-2-9-16-14)18-12-5-7-13(8-6-12)19-11-3-10-17-19/h3,5-8,10-11,14,16H,1-2,4,9H2,(H,18,20). The summed E-state index contributed by atoms with van der Waals surface area (Å²) in [6.07, 6.45) is 6.81. The summed E-state index contributed by atoms with van der Waals surface area (Å²) in [5.41, 5.74) is 1.79. The molecule has 1 atom stereocenters. The Hall–Kier alpha value is -2.14. The van der Waals surface area contributed by atoms with Crippen LogP contribution in [0.3, 0.4) is 0 Å². The first kappa shape index (κ1) is 12.9. The van der Waals surface area contributed by atoms with E-state index in [0.29, 0.717) is 0 Å². The number of nitrogens with one attached hydrogen (secondary N) is 2. The minimum Gasteiger partial charge on any atom is -0.325 e. The third-order valence-corrected chi connectivity index (χ3v) is 3.53. The van der Waals surface area contributed by atoms with Crippen LogP contribution < -0.4 is 10.6 Å². The van der Waals surface area contributed by atoms with Crippen LogP contribution in [0, 0.1) is 0 Å². The molecule has 2 heterocycles. The van der Waals surface area contributed by atoms with E-state index >= 15 is 0 Å². The second-order valence-electron chi connectivity index (χ2n) is 4.99. The summed E-state index contributed by atoms with van der Waals surface area (Å²) in [5, 5.41) is 10.4. The van der Waals surface area contributed by atoms with Crippen LogP contribution in [0.25, 0.3) is 5.69 Å². The molecule has 1 aliphatic heterocycles. The summed E-state index contributed by atoms with van der Waals surface area (Å²) in [4.78, 5) is 12.1. The summed E-state index contributed by atoms with van der Waals surface area (Å²) in [5.74, 6) is 0.0524. The van der Waals surface area contributed by atoms with Crippen LogP contribution >= 0.6 is 0 Å². The van der Waals surface area contributed by atoms with Crippen LogP contribution in [-0.2, 0) is 4.79 Å². The highest BCUT2D eigenvalue weighted by Gasteiger charge is 2.20. The Kier molecular flexibility index (Phi) is 3.78. The SMILES string of the molecule is O=C(Nc1ccc(-n2cccn2)cc1)C1CCCCN1. The van der Waals surface area contributed by atoms with Gasteiger partial charge in [-0.15, -0.1) is 0 Å². The quantitative estimate of drug-likeness (QED) is 0.896. The van der Waals surface area contributed by atoms with Gasteiger partial charge in [0.2, 0.25) is 5.91 Å². The Bertz CT molecular complexity index is 556. The van der Waals surface area contributed by atoms with Crippen molar-refractivity contribution >= 4 is 11.6 Å². The monoisotopic (exact) mass is 270 g/mol. The first-order chi connectivity index (χ1) is 9.83. The fourth-order valence-electron chi connectivity index (χ4n) is 2.42. The van der Waals surface area contributed by atoms with E-state index in [1.54, 1.807) is 10.9 Å². The van der Waals surface area contributed by atoms with Gasteiger partial charge < -0.3 is 10.6 Å². The number of rotatable bonds is 3. The lowest BCUT2D eigenvalue weighted by atomic mass is 10.0. The maximum absolute atomic E-state index is 12.1. The van der Waals surface area contributed by atoms with E-state index in [2.05, 4.69) is 15.7 Å². The molecule has 1 aliphatic rings. The molecule has 1 unspecified atom stereocenters. The van der Waals surface area contributed by atoms with Crippen molar-refractivity contribution in [1.82, 2.24) is 15.1 Å². The Morgan fingerprint density at radius 3 is 2.80 bits per heavy atom. The molecule has 20 heavy (non-hydrogen) atoms. The van der Waals surface area contributed by atoms with Gasteiger partial charge in [-0.2, -0.15) is 5.10 Å². The van der Waals surface area contributed by atoms with Crippen molar-refractivity contribution in [3.8, 4) is 5.69 Å². The highest BCUT2D eigenvalue weighted by Crippen LogP contribution is 2.14. The largest absolute Gasteiger partial charge is 0.325 e. The number of amides is 1. The van der Waals surface area contributed by atoms with Crippen molar-refractivity contribution in [2.45, 2.75) is 25.3 Å². The average Bonchev–Trinajstić information content (AvgIpc) is 3.03. The molecule has 1 aromatic heterocycles. The fraction of sp³-hybridized carbons (Fsp3) is 0.333. The first-order valence-electron chi connectivity index (χ1n) is 6.97. The van der Waals surface area contributed by atoms with E-state index in [1.807, 2.05) is 36.5 Å². The lowest BCUT2D eigenvalue weighted by Gasteiger charge is -2.22. The lowest BCUT2D eigenvalue weighted by Crippen LogP contribution is -2.43. The molecule has 5 heteroatoms. The molecule has 1 fully saturated rings. The Labute approximate surface area is 118 Å². The smallest absolute Gasteiger partial charge is 0.241 e. The Balaban J connectivity index is 1.64. The van der Waals surface area contributed by atoms with Crippen molar-refractivity contribution in [2.24, 2.45) is 0 Å². The first-order valence-corrected chi connectivity index (χ1v) is 6.97. The number of piperidine rings is 1. The molecule has 0 radical (unpaired) electrons. The van der Waals surface area contributed by atoms with E-state index in [0.717, 1.165) is 37.2 Å². The van der Waals surface area contributed by atoms with Gasteiger partial charge in [0.05, 0.1) is 11.7 Å². The fourth-order valence-corrected chi connectivity index (χ4v) is 2.42. The molecule has 0 spiro atoms. The van der Waals surface area contributed by atoms with E-state index < -0.39 is 0 Å². The Morgan fingerprint density at radius 1 is 1.30 bits per heavy atom. The third kappa shape index (κ3) is 2.88. The molecule has 2 N–H and O–H groups in total. The van der Waals surface area contributed by atoms with Crippen molar-refractivity contribution < 1.29 is 4.79 Å². The van der Waals surface area contributed by atoms with Crippen LogP contribution in [0.2, 0.25) is 0 Å².